The number of piperidine rings is 1. The molecular weight excluding hydrogens is 256 g/mol. The number of alkyl halides is 3. The maximum absolute atomic E-state index is 13.4. The molecule has 0 radical (unpaired) electrons. The fourth-order valence-corrected chi connectivity index (χ4v) is 3.56. The third-order valence-corrected chi connectivity index (χ3v) is 5.25. The van der Waals surface area contributed by atoms with E-state index in [9.17, 15) is 8.78 Å². The largest absolute Gasteiger partial charge is 0.302 e. The minimum absolute atomic E-state index is 0.0776. The molecule has 4 heteroatoms. The van der Waals surface area contributed by atoms with E-state index in [1.807, 2.05) is 0 Å². The second-order valence-electron chi connectivity index (χ2n) is 6.80. The lowest BCUT2D eigenvalue weighted by atomic mass is 9.81. The predicted molar refractivity (Wildman–Crippen MR) is 71.4 cm³/mol. The highest BCUT2D eigenvalue weighted by Gasteiger charge is 2.39. The van der Waals surface area contributed by atoms with Crippen LogP contribution in [0.15, 0.2) is 0 Å². The molecule has 1 saturated carbocycles. The molecule has 0 bridgehead atoms. The Bertz CT molecular complexity index is 294. The zero-order valence-electron chi connectivity index (χ0n) is 11.4. The SMILES string of the molecule is CC1(C)CN(CC2CCCC(F)(F)C2)CCC1Cl. The minimum atomic E-state index is -2.43. The van der Waals surface area contributed by atoms with Gasteiger partial charge in [-0.05, 0) is 37.1 Å². The average molecular weight is 280 g/mol. The Hall–Kier alpha value is 0.110. The Morgan fingerprint density at radius 3 is 2.61 bits per heavy atom. The summed E-state index contributed by atoms with van der Waals surface area (Å²) in [6.45, 7) is 7.06. The Morgan fingerprint density at radius 1 is 1.28 bits per heavy atom. The molecule has 0 spiro atoms. The number of halogens is 3. The van der Waals surface area contributed by atoms with Crippen LogP contribution in [0.2, 0.25) is 0 Å². The average Bonchev–Trinajstić information content (AvgIpc) is 2.21. The summed E-state index contributed by atoms with van der Waals surface area (Å²) >= 11 is 6.32. The van der Waals surface area contributed by atoms with E-state index < -0.39 is 5.92 Å². The maximum Gasteiger partial charge on any atom is 0.248 e. The van der Waals surface area contributed by atoms with E-state index in [1.165, 1.54) is 0 Å². The highest BCUT2D eigenvalue weighted by atomic mass is 35.5. The number of hydrogen-bond acceptors (Lipinski definition) is 1. The van der Waals surface area contributed by atoms with Crippen LogP contribution < -0.4 is 0 Å². The molecular formula is C14H24ClF2N. The first-order valence-electron chi connectivity index (χ1n) is 7.03. The van der Waals surface area contributed by atoms with Crippen molar-refractivity contribution in [3.8, 4) is 0 Å². The zero-order valence-corrected chi connectivity index (χ0v) is 12.1. The molecule has 1 aliphatic heterocycles. The lowest BCUT2D eigenvalue weighted by Crippen LogP contribution is -2.48. The van der Waals surface area contributed by atoms with Gasteiger partial charge in [-0.3, -0.25) is 0 Å². The summed E-state index contributed by atoms with van der Waals surface area (Å²) in [5.41, 5.74) is 0.0942. The molecule has 106 valence electrons. The summed E-state index contributed by atoms with van der Waals surface area (Å²) in [7, 11) is 0. The van der Waals surface area contributed by atoms with Gasteiger partial charge in [-0.15, -0.1) is 11.6 Å². The molecule has 0 N–H and O–H groups in total. The highest BCUT2D eigenvalue weighted by molar-refractivity contribution is 6.21. The van der Waals surface area contributed by atoms with Crippen LogP contribution in [0.3, 0.4) is 0 Å². The van der Waals surface area contributed by atoms with Crippen molar-refractivity contribution >= 4 is 11.6 Å². The molecule has 2 atom stereocenters. The smallest absolute Gasteiger partial charge is 0.248 e. The molecule has 0 aromatic rings. The summed E-state index contributed by atoms with van der Waals surface area (Å²) < 4.78 is 26.8. The van der Waals surface area contributed by atoms with Crippen LogP contribution in [0.5, 0.6) is 0 Å². The Morgan fingerprint density at radius 2 is 2.00 bits per heavy atom. The molecule has 2 fully saturated rings. The summed E-state index contributed by atoms with van der Waals surface area (Å²) in [6.07, 6.45) is 2.76. The van der Waals surface area contributed by atoms with Gasteiger partial charge in [0.2, 0.25) is 5.92 Å². The highest BCUT2D eigenvalue weighted by Crippen LogP contribution is 2.39. The molecule has 2 rings (SSSR count). The molecule has 1 aliphatic carbocycles. The minimum Gasteiger partial charge on any atom is -0.302 e. The molecule has 0 aromatic carbocycles. The van der Waals surface area contributed by atoms with Crippen molar-refractivity contribution in [1.29, 1.82) is 0 Å². The van der Waals surface area contributed by atoms with Crippen LogP contribution in [0.4, 0.5) is 8.78 Å². The van der Waals surface area contributed by atoms with Crippen LogP contribution in [0.25, 0.3) is 0 Å². The lowest BCUT2D eigenvalue weighted by molar-refractivity contribution is -0.0592. The molecule has 2 unspecified atom stereocenters. The van der Waals surface area contributed by atoms with E-state index in [-0.39, 0.29) is 29.6 Å². The first-order chi connectivity index (χ1) is 8.28. The van der Waals surface area contributed by atoms with Crippen LogP contribution in [0.1, 0.15) is 46.0 Å². The lowest BCUT2D eigenvalue weighted by Gasteiger charge is -2.43. The molecule has 1 saturated heterocycles. The molecule has 0 amide bonds. The summed E-state index contributed by atoms with van der Waals surface area (Å²) in [4.78, 5) is 2.34. The van der Waals surface area contributed by atoms with Gasteiger partial charge >= 0.3 is 0 Å². The zero-order chi connectivity index (χ0) is 13.4. The molecule has 18 heavy (non-hydrogen) atoms. The van der Waals surface area contributed by atoms with Crippen molar-refractivity contribution in [3.05, 3.63) is 0 Å². The quantitative estimate of drug-likeness (QED) is 0.687. The number of hydrogen-bond donors (Lipinski definition) is 0. The Labute approximate surface area is 114 Å². The third kappa shape index (κ3) is 3.57. The van der Waals surface area contributed by atoms with E-state index in [4.69, 9.17) is 11.6 Å². The normalized spacial score (nSPS) is 36.5. The van der Waals surface area contributed by atoms with Crippen LogP contribution >= 0.6 is 11.6 Å². The maximum atomic E-state index is 13.4. The number of likely N-dealkylation sites (tertiary alicyclic amines) is 1. The van der Waals surface area contributed by atoms with Gasteiger partial charge in [0.1, 0.15) is 0 Å². The summed E-state index contributed by atoms with van der Waals surface area (Å²) in [5.74, 6) is -2.26. The summed E-state index contributed by atoms with van der Waals surface area (Å²) in [5, 5.41) is 0.210. The Kier molecular flexibility index (Phi) is 4.23. The number of rotatable bonds is 2. The van der Waals surface area contributed by atoms with Gasteiger partial charge in [0.25, 0.3) is 0 Å². The molecule has 1 nitrogen and oxygen atoms in total. The first-order valence-corrected chi connectivity index (χ1v) is 7.46. The van der Waals surface area contributed by atoms with E-state index in [0.717, 1.165) is 32.5 Å². The van der Waals surface area contributed by atoms with E-state index >= 15 is 0 Å². The van der Waals surface area contributed by atoms with Crippen molar-refractivity contribution in [2.24, 2.45) is 11.3 Å². The van der Waals surface area contributed by atoms with Crippen molar-refractivity contribution in [3.63, 3.8) is 0 Å². The second kappa shape index (κ2) is 5.24. The molecule has 1 heterocycles. The van der Waals surface area contributed by atoms with Gasteiger partial charge in [0, 0.05) is 31.3 Å². The third-order valence-electron chi connectivity index (χ3n) is 4.44. The fraction of sp³-hybridized carbons (Fsp3) is 1.00. The van der Waals surface area contributed by atoms with Gasteiger partial charge < -0.3 is 4.90 Å². The van der Waals surface area contributed by atoms with E-state index in [2.05, 4.69) is 18.7 Å². The van der Waals surface area contributed by atoms with Crippen molar-refractivity contribution < 1.29 is 8.78 Å². The van der Waals surface area contributed by atoms with Gasteiger partial charge in [-0.1, -0.05) is 13.8 Å². The molecule has 2 aliphatic rings. The second-order valence-corrected chi connectivity index (χ2v) is 7.33. The molecule has 0 aromatic heterocycles. The van der Waals surface area contributed by atoms with Gasteiger partial charge in [0.05, 0.1) is 0 Å². The van der Waals surface area contributed by atoms with E-state index in [1.54, 1.807) is 0 Å². The standard InChI is InChI=1S/C14H24ClF2N/c1-13(2)10-18(7-5-12(13)15)9-11-4-3-6-14(16,17)8-11/h11-12H,3-10H2,1-2H3. The topological polar surface area (TPSA) is 3.24 Å². The van der Waals surface area contributed by atoms with Crippen molar-refractivity contribution in [1.82, 2.24) is 4.90 Å². The predicted octanol–water partition coefficient (Wildman–Crippen LogP) is 4.15. The monoisotopic (exact) mass is 279 g/mol. The fourth-order valence-electron chi connectivity index (χ4n) is 3.39. The van der Waals surface area contributed by atoms with E-state index in [0.29, 0.717) is 6.42 Å². The van der Waals surface area contributed by atoms with Gasteiger partial charge in [-0.25, -0.2) is 8.78 Å². The van der Waals surface area contributed by atoms with Crippen molar-refractivity contribution in [2.45, 2.75) is 57.3 Å². The summed E-state index contributed by atoms with van der Waals surface area (Å²) in [6, 6.07) is 0. The first kappa shape index (κ1) is 14.5. The van der Waals surface area contributed by atoms with Crippen molar-refractivity contribution in [2.75, 3.05) is 19.6 Å². The van der Waals surface area contributed by atoms with Gasteiger partial charge in [-0.2, -0.15) is 0 Å². The Balaban J connectivity index is 1.87. The van der Waals surface area contributed by atoms with Crippen LogP contribution in [-0.4, -0.2) is 35.8 Å². The van der Waals surface area contributed by atoms with Crippen LogP contribution in [-0.2, 0) is 0 Å². The number of nitrogens with zero attached hydrogens (tertiary/aromatic N) is 1. The van der Waals surface area contributed by atoms with Crippen LogP contribution in [0, 0.1) is 11.3 Å². The van der Waals surface area contributed by atoms with Gasteiger partial charge in [0.15, 0.2) is 0 Å².